The van der Waals surface area contributed by atoms with Crippen molar-refractivity contribution in [2.75, 3.05) is 44.2 Å². The minimum absolute atomic E-state index is 0.0291. The Morgan fingerprint density at radius 2 is 2.14 bits per heavy atom. The Kier molecular flexibility index (Phi) is 6.33. The number of piperazine rings is 1. The number of pyridine rings is 1. The first kappa shape index (κ1) is 20.7. The minimum Gasteiger partial charge on any atom is -0.375 e. The number of nitriles is 1. The molecule has 2 aliphatic heterocycles. The second-order valence-corrected chi connectivity index (χ2v) is 8.32. The molecule has 1 unspecified atom stereocenters. The van der Waals surface area contributed by atoms with E-state index in [0.29, 0.717) is 31.1 Å². The zero-order chi connectivity index (χ0) is 20.2. The summed E-state index contributed by atoms with van der Waals surface area (Å²) in [7, 11) is 0. The highest BCUT2D eigenvalue weighted by atomic mass is 16.5. The highest BCUT2D eigenvalue weighted by Gasteiger charge is 2.47. The van der Waals surface area contributed by atoms with Crippen LogP contribution in [-0.2, 0) is 9.53 Å². The van der Waals surface area contributed by atoms with Crippen LogP contribution in [0.4, 0.5) is 5.82 Å². The molecule has 7 heteroatoms. The summed E-state index contributed by atoms with van der Waals surface area (Å²) in [6.07, 6.45) is 2.13. The van der Waals surface area contributed by atoms with Crippen molar-refractivity contribution >= 4 is 11.7 Å². The van der Waals surface area contributed by atoms with Crippen LogP contribution in [0.2, 0.25) is 0 Å². The molecule has 1 aromatic rings. The molecule has 2 aliphatic rings. The molecule has 3 heterocycles. The first-order chi connectivity index (χ1) is 13.4. The van der Waals surface area contributed by atoms with Gasteiger partial charge in [0.05, 0.1) is 5.60 Å². The summed E-state index contributed by atoms with van der Waals surface area (Å²) in [6.45, 7) is 11.2. The molecule has 0 bridgehead atoms. The number of amides is 1. The monoisotopic (exact) mass is 385 g/mol. The SMILES string of the molecule is CCC(=O)N(CC1(N2CCNCC2)CCOC(C)(C)C1)c1cccc(C#N)n1. The fraction of sp³-hybridized carbons (Fsp3) is 0.667. The predicted octanol–water partition coefficient (Wildman–Crippen LogP) is 1.93. The molecule has 1 aromatic heterocycles. The average molecular weight is 386 g/mol. The third-order valence-electron chi connectivity index (χ3n) is 5.78. The second kappa shape index (κ2) is 8.56. The highest BCUT2D eigenvalue weighted by molar-refractivity contribution is 5.92. The first-order valence-electron chi connectivity index (χ1n) is 10.2. The zero-order valence-corrected chi connectivity index (χ0v) is 17.2. The van der Waals surface area contributed by atoms with Gasteiger partial charge in [0.15, 0.2) is 0 Å². The van der Waals surface area contributed by atoms with Gasteiger partial charge in [-0.2, -0.15) is 5.26 Å². The van der Waals surface area contributed by atoms with Crippen LogP contribution < -0.4 is 10.2 Å². The molecule has 3 rings (SSSR count). The van der Waals surface area contributed by atoms with E-state index >= 15 is 0 Å². The Balaban J connectivity index is 1.97. The van der Waals surface area contributed by atoms with Gasteiger partial charge in [-0.3, -0.25) is 14.6 Å². The molecular formula is C21H31N5O2. The number of nitrogens with zero attached hydrogens (tertiary/aromatic N) is 4. The number of ether oxygens (including phenoxy) is 1. The summed E-state index contributed by atoms with van der Waals surface area (Å²) < 4.78 is 6.02. The van der Waals surface area contributed by atoms with Crippen LogP contribution in [0.5, 0.6) is 0 Å². The molecule has 7 nitrogen and oxygen atoms in total. The topological polar surface area (TPSA) is 81.5 Å². The van der Waals surface area contributed by atoms with Crippen LogP contribution in [0.25, 0.3) is 0 Å². The Bertz CT molecular complexity index is 739. The molecule has 28 heavy (non-hydrogen) atoms. The van der Waals surface area contributed by atoms with Crippen LogP contribution in [-0.4, -0.2) is 66.3 Å². The van der Waals surface area contributed by atoms with Gasteiger partial charge in [-0.05, 0) is 38.8 Å². The van der Waals surface area contributed by atoms with Gasteiger partial charge in [-0.25, -0.2) is 4.98 Å². The summed E-state index contributed by atoms with van der Waals surface area (Å²) in [5.74, 6) is 0.589. The van der Waals surface area contributed by atoms with Crippen molar-refractivity contribution in [3.8, 4) is 6.07 Å². The molecule has 1 amide bonds. The Morgan fingerprint density at radius 3 is 2.79 bits per heavy atom. The normalized spacial score (nSPS) is 25.1. The number of hydrogen-bond acceptors (Lipinski definition) is 6. The Hall–Kier alpha value is -2.01. The zero-order valence-electron chi connectivity index (χ0n) is 17.2. The molecule has 2 saturated heterocycles. The maximum Gasteiger partial charge on any atom is 0.227 e. The van der Waals surface area contributed by atoms with E-state index in [1.54, 1.807) is 17.0 Å². The number of rotatable bonds is 5. The minimum atomic E-state index is -0.244. The van der Waals surface area contributed by atoms with E-state index < -0.39 is 0 Å². The van der Waals surface area contributed by atoms with Crippen LogP contribution in [0, 0.1) is 11.3 Å². The maximum atomic E-state index is 12.9. The fourth-order valence-corrected chi connectivity index (χ4v) is 4.51. The molecule has 152 valence electrons. The van der Waals surface area contributed by atoms with Crippen LogP contribution in [0.15, 0.2) is 18.2 Å². The Morgan fingerprint density at radius 1 is 1.39 bits per heavy atom. The van der Waals surface area contributed by atoms with Crippen molar-refractivity contribution < 1.29 is 9.53 Å². The number of carbonyl (C=O) groups excluding carboxylic acids is 1. The summed E-state index contributed by atoms with van der Waals surface area (Å²) in [5.41, 5.74) is -0.0831. The largest absolute Gasteiger partial charge is 0.375 e. The lowest BCUT2D eigenvalue weighted by molar-refractivity contribution is -0.127. The number of carbonyl (C=O) groups is 1. The third kappa shape index (κ3) is 4.52. The first-order valence-corrected chi connectivity index (χ1v) is 10.2. The van der Waals surface area contributed by atoms with Crippen LogP contribution in [0.1, 0.15) is 45.7 Å². The van der Waals surface area contributed by atoms with Crippen molar-refractivity contribution in [3.63, 3.8) is 0 Å². The lowest BCUT2D eigenvalue weighted by Crippen LogP contribution is -2.65. The second-order valence-electron chi connectivity index (χ2n) is 8.32. The maximum absolute atomic E-state index is 12.9. The van der Waals surface area contributed by atoms with E-state index in [-0.39, 0.29) is 17.0 Å². The van der Waals surface area contributed by atoms with E-state index in [9.17, 15) is 10.1 Å². The molecule has 2 fully saturated rings. The molecule has 0 aliphatic carbocycles. The lowest BCUT2D eigenvalue weighted by Gasteiger charge is -2.53. The lowest BCUT2D eigenvalue weighted by atomic mass is 9.78. The third-order valence-corrected chi connectivity index (χ3v) is 5.78. The van der Waals surface area contributed by atoms with E-state index in [2.05, 4.69) is 35.1 Å². The molecule has 1 atom stereocenters. The summed E-state index contributed by atoms with van der Waals surface area (Å²) in [4.78, 5) is 21.6. The molecule has 0 aromatic carbocycles. The molecule has 0 saturated carbocycles. The molecule has 0 spiro atoms. The quantitative estimate of drug-likeness (QED) is 0.834. The van der Waals surface area contributed by atoms with Crippen molar-refractivity contribution in [2.45, 2.75) is 51.2 Å². The number of anilines is 1. The van der Waals surface area contributed by atoms with E-state index in [0.717, 1.165) is 39.0 Å². The van der Waals surface area contributed by atoms with Gasteiger partial charge in [0.2, 0.25) is 5.91 Å². The molecule has 0 radical (unpaired) electrons. The van der Waals surface area contributed by atoms with E-state index in [1.165, 1.54) is 0 Å². The van der Waals surface area contributed by atoms with E-state index in [4.69, 9.17) is 4.74 Å². The van der Waals surface area contributed by atoms with Gasteiger partial charge in [0.1, 0.15) is 17.6 Å². The van der Waals surface area contributed by atoms with Gasteiger partial charge in [0.25, 0.3) is 0 Å². The summed E-state index contributed by atoms with van der Waals surface area (Å²) in [5, 5.41) is 12.7. The Labute approximate surface area is 167 Å². The van der Waals surface area contributed by atoms with Gasteiger partial charge in [0, 0.05) is 51.3 Å². The molecule has 1 N–H and O–H groups in total. The number of hydrogen-bond donors (Lipinski definition) is 1. The van der Waals surface area contributed by atoms with Crippen LogP contribution >= 0.6 is 0 Å². The smallest absolute Gasteiger partial charge is 0.227 e. The predicted molar refractivity (Wildman–Crippen MR) is 108 cm³/mol. The van der Waals surface area contributed by atoms with Crippen molar-refractivity contribution in [1.82, 2.24) is 15.2 Å². The van der Waals surface area contributed by atoms with Gasteiger partial charge < -0.3 is 10.1 Å². The molecular weight excluding hydrogens is 354 g/mol. The van der Waals surface area contributed by atoms with Crippen molar-refractivity contribution in [3.05, 3.63) is 23.9 Å². The fourth-order valence-electron chi connectivity index (χ4n) is 4.51. The van der Waals surface area contributed by atoms with Crippen molar-refractivity contribution in [2.24, 2.45) is 0 Å². The summed E-state index contributed by atoms with van der Waals surface area (Å²) in [6, 6.07) is 7.37. The number of aromatic nitrogens is 1. The van der Waals surface area contributed by atoms with Gasteiger partial charge in [-0.1, -0.05) is 13.0 Å². The highest BCUT2D eigenvalue weighted by Crippen LogP contribution is 2.38. The standard InChI is InChI=1S/C21H31N5O2/c1-4-19(27)26(18-7-5-6-17(14-22)24-18)16-21(25-11-9-23-10-12-25)8-13-28-20(2,3)15-21/h5-7,23H,4,8-13,15-16H2,1-3H3. The van der Waals surface area contributed by atoms with Crippen LogP contribution in [0.3, 0.4) is 0 Å². The average Bonchev–Trinajstić information content (AvgIpc) is 2.71. The van der Waals surface area contributed by atoms with Gasteiger partial charge >= 0.3 is 0 Å². The van der Waals surface area contributed by atoms with E-state index in [1.807, 2.05) is 13.0 Å². The van der Waals surface area contributed by atoms with Crippen molar-refractivity contribution in [1.29, 1.82) is 5.26 Å². The van der Waals surface area contributed by atoms with Gasteiger partial charge in [-0.15, -0.1) is 0 Å². The number of nitrogens with one attached hydrogen (secondary N) is 1. The summed E-state index contributed by atoms with van der Waals surface area (Å²) >= 11 is 0.